The topological polar surface area (TPSA) is 78.9 Å². The molecule has 0 radical (unpaired) electrons. The number of allylic oxidation sites excluding steroid dienone is 14. The second kappa shape index (κ2) is 59.2. The van der Waals surface area contributed by atoms with Crippen LogP contribution in [0.2, 0.25) is 0 Å². The molecule has 408 valence electrons. The number of esters is 3. The summed E-state index contributed by atoms with van der Waals surface area (Å²) in [4.78, 5) is 38.2. The standard InChI is InChI=1S/C65H112O6/c1-4-7-10-13-16-19-22-25-28-30-32-34-37-40-43-46-49-52-55-58-64(67)70-61-62(60-69-63(66)57-54-51-48-45-42-39-36-27-24-21-18-15-12-9-6-3)71-65(68)59-56-53-50-47-44-41-38-35-33-31-29-26-23-20-17-14-11-8-5-2/h7,10,16,19,25-29,32,34,36,40,43,62H,4-6,8-9,11-15,17-18,20-24,30-31,33,35,37-39,41-42,44-61H2,1-3H3/b10-7-,19-16-,28-25-,29-26-,34-32-,36-27-,43-40-/t62-/m1/s1. The lowest BCUT2D eigenvalue weighted by Gasteiger charge is -2.18. The van der Waals surface area contributed by atoms with Crippen molar-refractivity contribution >= 4 is 17.9 Å². The third-order valence-electron chi connectivity index (χ3n) is 12.9. The number of rotatable bonds is 54. The van der Waals surface area contributed by atoms with Crippen LogP contribution in [-0.4, -0.2) is 37.2 Å². The van der Waals surface area contributed by atoms with Gasteiger partial charge < -0.3 is 14.2 Å². The lowest BCUT2D eigenvalue weighted by molar-refractivity contribution is -0.167. The molecule has 0 unspecified atom stereocenters. The largest absolute Gasteiger partial charge is 0.462 e. The maximum Gasteiger partial charge on any atom is 0.306 e. The Morgan fingerprint density at radius 3 is 0.887 bits per heavy atom. The SMILES string of the molecule is CC/C=C\C/C=C\C/C=C\C/C=C\C/C=C\CCCCCC(=O)OC[C@@H](COC(=O)CCCCCCC/C=C\CCCCCCCC)OC(=O)CCCCCCCCCCC/C=C\CCCCCCCC. The second-order valence-corrected chi connectivity index (χ2v) is 19.9. The van der Waals surface area contributed by atoms with E-state index >= 15 is 0 Å². The van der Waals surface area contributed by atoms with E-state index in [0.717, 1.165) is 103 Å². The molecule has 1 atom stereocenters. The van der Waals surface area contributed by atoms with E-state index in [1.165, 1.54) is 148 Å². The molecule has 0 aromatic carbocycles. The van der Waals surface area contributed by atoms with Crippen molar-refractivity contribution in [1.29, 1.82) is 0 Å². The smallest absolute Gasteiger partial charge is 0.306 e. The Morgan fingerprint density at radius 1 is 0.296 bits per heavy atom. The zero-order valence-corrected chi connectivity index (χ0v) is 46.7. The van der Waals surface area contributed by atoms with E-state index in [4.69, 9.17) is 14.2 Å². The minimum atomic E-state index is -0.796. The first-order valence-corrected chi connectivity index (χ1v) is 30.1. The Kier molecular flexibility index (Phi) is 56.3. The molecule has 0 spiro atoms. The second-order valence-electron chi connectivity index (χ2n) is 19.9. The van der Waals surface area contributed by atoms with Gasteiger partial charge in [-0.05, 0) is 116 Å². The molecule has 0 aliphatic carbocycles. The summed E-state index contributed by atoms with van der Waals surface area (Å²) >= 11 is 0. The Bertz CT molecular complexity index is 1370. The van der Waals surface area contributed by atoms with E-state index in [9.17, 15) is 14.4 Å². The van der Waals surface area contributed by atoms with Gasteiger partial charge in [0.25, 0.3) is 0 Å². The molecule has 0 bridgehead atoms. The molecule has 0 aliphatic rings. The maximum atomic E-state index is 12.9. The summed E-state index contributed by atoms with van der Waals surface area (Å²) in [6, 6.07) is 0. The summed E-state index contributed by atoms with van der Waals surface area (Å²) in [5.41, 5.74) is 0. The first-order valence-electron chi connectivity index (χ1n) is 30.1. The van der Waals surface area contributed by atoms with Crippen molar-refractivity contribution in [1.82, 2.24) is 0 Å². The Labute approximate surface area is 439 Å². The van der Waals surface area contributed by atoms with E-state index in [1.54, 1.807) is 0 Å². The lowest BCUT2D eigenvalue weighted by atomic mass is 10.1. The van der Waals surface area contributed by atoms with Gasteiger partial charge in [-0.1, -0.05) is 241 Å². The number of ether oxygens (including phenoxy) is 3. The maximum absolute atomic E-state index is 12.9. The van der Waals surface area contributed by atoms with Crippen molar-refractivity contribution in [2.24, 2.45) is 0 Å². The van der Waals surface area contributed by atoms with Crippen LogP contribution >= 0.6 is 0 Å². The van der Waals surface area contributed by atoms with Crippen LogP contribution in [0.25, 0.3) is 0 Å². The predicted molar refractivity (Wildman–Crippen MR) is 307 cm³/mol. The summed E-state index contributed by atoms with van der Waals surface area (Å²) < 4.78 is 16.9. The molecule has 0 aliphatic heterocycles. The van der Waals surface area contributed by atoms with Crippen LogP contribution < -0.4 is 0 Å². The molecular weight excluding hydrogens is 877 g/mol. The van der Waals surface area contributed by atoms with Gasteiger partial charge in [-0.25, -0.2) is 0 Å². The highest BCUT2D eigenvalue weighted by molar-refractivity contribution is 5.71. The van der Waals surface area contributed by atoms with Crippen LogP contribution in [0.1, 0.15) is 290 Å². The van der Waals surface area contributed by atoms with Crippen molar-refractivity contribution in [2.75, 3.05) is 13.2 Å². The van der Waals surface area contributed by atoms with Crippen LogP contribution in [0.5, 0.6) is 0 Å². The van der Waals surface area contributed by atoms with Gasteiger partial charge in [-0.15, -0.1) is 0 Å². The third-order valence-corrected chi connectivity index (χ3v) is 12.9. The fourth-order valence-corrected chi connectivity index (χ4v) is 8.34. The molecule has 0 N–H and O–H groups in total. The summed E-state index contributed by atoms with van der Waals surface area (Å²) in [7, 11) is 0. The van der Waals surface area contributed by atoms with Crippen molar-refractivity contribution in [3.63, 3.8) is 0 Å². The molecule has 0 fully saturated rings. The molecule has 6 nitrogen and oxygen atoms in total. The van der Waals surface area contributed by atoms with Gasteiger partial charge in [0.05, 0.1) is 0 Å². The lowest BCUT2D eigenvalue weighted by Crippen LogP contribution is -2.30. The van der Waals surface area contributed by atoms with Crippen LogP contribution in [-0.2, 0) is 28.6 Å². The zero-order chi connectivity index (χ0) is 51.4. The van der Waals surface area contributed by atoms with Gasteiger partial charge in [0.2, 0.25) is 0 Å². The van der Waals surface area contributed by atoms with E-state index in [-0.39, 0.29) is 31.1 Å². The normalized spacial score (nSPS) is 12.7. The average molecular weight is 990 g/mol. The van der Waals surface area contributed by atoms with Crippen LogP contribution in [0.15, 0.2) is 85.1 Å². The molecule has 0 saturated heterocycles. The Hall–Kier alpha value is -3.41. The zero-order valence-electron chi connectivity index (χ0n) is 46.7. The summed E-state index contributed by atoms with van der Waals surface area (Å²) in [6.07, 6.45) is 77.2. The van der Waals surface area contributed by atoms with E-state index in [2.05, 4.69) is 106 Å². The van der Waals surface area contributed by atoms with Crippen molar-refractivity contribution in [3.8, 4) is 0 Å². The van der Waals surface area contributed by atoms with Gasteiger partial charge in [0.15, 0.2) is 6.10 Å². The van der Waals surface area contributed by atoms with Crippen LogP contribution in [0.4, 0.5) is 0 Å². The number of carbonyl (C=O) groups excluding carboxylic acids is 3. The van der Waals surface area contributed by atoms with E-state index < -0.39 is 6.10 Å². The van der Waals surface area contributed by atoms with Crippen LogP contribution in [0, 0.1) is 0 Å². The summed E-state index contributed by atoms with van der Waals surface area (Å²) in [5, 5.41) is 0. The highest BCUT2D eigenvalue weighted by Gasteiger charge is 2.19. The van der Waals surface area contributed by atoms with E-state index in [1.807, 2.05) is 0 Å². The third kappa shape index (κ3) is 57.4. The fraction of sp³-hybridized carbons (Fsp3) is 0.738. The molecular formula is C65H112O6. The summed E-state index contributed by atoms with van der Waals surface area (Å²) in [6.45, 7) is 6.50. The Balaban J connectivity index is 4.44. The van der Waals surface area contributed by atoms with Crippen molar-refractivity contribution in [3.05, 3.63) is 85.1 Å². The highest BCUT2D eigenvalue weighted by atomic mass is 16.6. The fourth-order valence-electron chi connectivity index (χ4n) is 8.34. The van der Waals surface area contributed by atoms with Crippen molar-refractivity contribution < 1.29 is 28.6 Å². The van der Waals surface area contributed by atoms with E-state index in [0.29, 0.717) is 19.3 Å². The molecule has 6 heteroatoms. The minimum absolute atomic E-state index is 0.0916. The van der Waals surface area contributed by atoms with Crippen LogP contribution in [0.3, 0.4) is 0 Å². The van der Waals surface area contributed by atoms with Gasteiger partial charge in [-0.3, -0.25) is 14.4 Å². The molecule has 71 heavy (non-hydrogen) atoms. The van der Waals surface area contributed by atoms with Crippen molar-refractivity contribution in [2.45, 2.75) is 297 Å². The van der Waals surface area contributed by atoms with Gasteiger partial charge >= 0.3 is 17.9 Å². The molecule has 0 aromatic rings. The molecule has 0 amide bonds. The average Bonchev–Trinajstić information content (AvgIpc) is 3.37. The summed E-state index contributed by atoms with van der Waals surface area (Å²) in [5.74, 6) is -0.926. The number of unbranched alkanes of at least 4 members (excludes halogenated alkanes) is 29. The monoisotopic (exact) mass is 989 g/mol. The minimum Gasteiger partial charge on any atom is -0.462 e. The number of carbonyl (C=O) groups is 3. The molecule has 0 aromatic heterocycles. The Morgan fingerprint density at radius 2 is 0.549 bits per heavy atom. The first-order chi connectivity index (χ1) is 35.0. The predicted octanol–water partition coefficient (Wildman–Crippen LogP) is 20.3. The molecule has 0 saturated carbocycles. The molecule has 0 heterocycles. The quantitative estimate of drug-likeness (QED) is 0.0261. The van der Waals surface area contributed by atoms with Gasteiger partial charge in [0, 0.05) is 19.3 Å². The number of hydrogen-bond acceptors (Lipinski definition) is 6. The first kappa shape index (κ1) is 67.6. The van der Waals surface area contributed by atoms with Gasteiger partial charge in [0.1, 0.15) is 13.2 Å². The van der Waals surface area contributed by atoms with Gasteiger partial charge in [-0.2, -0.15) is 0 Å². The highest BCUT2D eigenvalue weighted by Crippen LogP contribution is 2.15. The molecule has 0 rings (SSSR count). The number of hydrogen-bond donors (Lipinski definition) is 0.